The van der Waals surface area contributed by atoms with Crippen molar-refractivity contribution in [3.63, 3.8) is 0 Å². The van der Waals surface area contributed by atoms with Gasteiger partial charge in [0.2, 0.25) is 6.79 Å². The monoisotopic (exact) mass is 433 g/mol. The van der Waals surface area contributed by atoms with Crippen molar-refractivity contribution in [3.05, 3.63) is 65.9 Å². The Morgan fingerprint density at radius 3 is 2.75 bits per heavy atom. The molecule has 1 saturated heterocycles. The highest BCUT2D eigenvalue weighted by Crippen LogP contribution is 2.36. The molecule has 166 valence electrons. The largest absolute Gasteiger partial charge is 0.454 e. The fourth-order valence-corrected chi connectivity index (χ4v) is 4.37. The lowest BCUT2D eigenvalue weighted by Gasteiger charge is -2.32. The number of hydrogen-bond donors (Lipinski definition) is 2. The van der Waals surface area contributed by atoms with Crippen LogP contribution in [0.25, 0.3) is 0 Å². The minimum absolute atomic E-state index is 0.246. The lowest BCUT2D eigenvalue weighted by Crippen LogP contribution is -2.35. The fraction of sp³-hybridized carbons (Fsp3) is 0.333. The zero-order chi connectivity index (χ0) is 21.9. The molecule has 3 aromatic rings. The first-order chi connectivity index (χ1) is 15.7. The normalized spacial score (nSPS) is 16.2. The molecule has 0 aliphatic carbocycles. The maximum absolute atomic E-state index is 12.5. The lowest BCUT2D eigenvalue weighted by atomic mass is 10.0. The number of likely N-dealkylation sites (tertiary alicyclic amines) is 1. The van der Waals surface area contributed by atoms with Gasteiger partial charge in [0.1, 0.15) is 5.82 Å². The van der Waals surface area contributed by atoms with E-state index in [1.807, 2.05) is 54.1 Å². The van der Waals surface area contributed by atoms with Gasteiger partial charge in [-0.2, -0.15) is 5.10 Å². The van der Waals surface area contributed by atoms with Gasteiger partial charge in [0.05, 0.1) is 12.2 Å². The molecule has 0 spiro atoms. The van der Waals surface area contributed by atoms with Crippen LogP contribution in [0.2, 0.25) is 0 Å². The van der Waals surface area contributed by atoms with Gasteiger partial charge in [0, 0.05) is 37.0 Å². The third-order valence-corrected chi connectivity index (χ3v) is 6.08. The number of aryl methyl sites for hydroxylation is 1. The quantitative estimate of drug-likeness (QED) is 0.623. The molecule has 0 unspecified atom stereocenters. The topological polar surface area (TPSA) is 80.7 Å². The average Bonchev–Trinajstić information content (AvgIpc) is 3.46. The summed E-state index contributed by atoms with van der Waals surface area (Å²) >= 11 is 0. The van der Waals surface area contributed by atoms with E-state index in [2.05, 4.69) is 26.7 Å². The van der Waals surface area contributed by atoms with E-state index in [1.165, 1.54) is 0 Å². The van der Waals surface area contributed by atoms with Gasteiger partial charge in [-0.05, 0) is 37.5 Å². The van der Waals surface area contributed by atoms with Crippen molar-refractivity contribution in [3.8, 4) is 11.5 Å². The maximum Gasteiger partial charge on any atom is 0.324 e. The van der Waals surface area contributed by atoms with Crippen LogP contribution in [0.5, 0.6) is 11.5 Å². The van der Waals surface area contributed by atoms with Crippen molar-refractivity contribution in [1.82, 2.24) is 14.7 Å². The number of rotatable bonds is 5. The predicted molar refractivity (Wildman–Crippen MR) is 122 cm³/mol. The molecule has 0 saturated carbocycles. The summed E-state index contributed by atoms with van der Waals surface area (Å²) in [6.45, 7) is 4.99. The van der Waals surface area contributed by atoms with E-state index >= 15 is 0 Å². The molecular formula is C24H27N5O3. The van der Waals surface area contributed by atoms with Crippen LogP contribution in [0.15, 0.2) is 54.7 Å². The van der Waals surface area contributed by atoms with Gasteiger partial charge in [0.25, 0.3) is 0 Å². The molecule has 2 aliphatic heterocycles. The number of carbonyl (C=O) groups is 1. The Kier molecular flexibility index (Phi) is 5.68. The molecule has 8 heteroatoms. The van der Waals surface area contributed by atoms with Crippen molar-refractivity contribution in [2.45, 2.75) is 32.4 Å². The van der Waals surface area contributed by atoms with E-state index < -0.39 is 0 Å². The van der Waals surface area contributed by atoms with Crippen LogP contribution >= 0.6 is 0 Å². The molecule has 0 radical (unpaired) electrons. The van der Waals surface area contributed by atoms with Crippen LogP contribution in [0.4, 0.5) is 16.3 Å². The Labute approximate surface area is 187 Å². The van der Waals surface area contributed by atoms with Gasteiger partial charge in [-0.3, -0.25) is 10.2 Å². The van der Waals surface area contributed by atoms with Crippen LogP contribution in [-0.2, 0) is 6.54 Å². The number of para-hydroxylation sites is 2. The molecule has 8 nitrogen and oxygen atoms in total. The molecule has 2 amide bonds. The Hall–Kier alpha value is -3.52. The number of carbonyl (C=O) groups excluding carboxylic acids is 1. The number of nitrogens with one attached hydrogen (secondary N) is 2. The molecule has 32 heavy (non-hydrogen) atoms. The molecule has 2 aliphatic rings. The molecule has 5 rings (SSSR count). The Morgan fingerprint density at radius 1 is 1.06 bits per heavy atom. The van der Waals surface area contributed by atoms with Gasteiger partial charge >= 0.3 is 6.03 Å². The van der Waals surface area contributed by atoms with Crippen LogP contribution < -0.4 is 20.1 Å². The maximum atomic E-state index is 12.5. The van der Waals surface area contributed by atoms with Crippen LogP contribution in [0, 0.1) is 6.92 Å². The smallest absolute Gasteiger partial charge is 0.324 e. The van der Waals surface area contributed by atoms with E-state index in [4.69, 9.17) is 9.47 Å². The number of anilines is 2. The molecular weight excluding hydrogens is 406 g/mol. The van der Waals surface area contributed by atoms with Gasteiger partial charge in [-0.15, -0.1) is 0 Å². The Bertz CT molecular complexity index is 1100. The summed E-state index contributed by atoms with van der Waals surface area (Å²) in [5.41, 5.74) is 2.98. The molecule has 0 bridgehead atoms. The number of amides is 2. The van der Waals surface area contributed by atoms with E-state index in [9.17, 15) is 4.79 Å². The molecule has 2 N–H and O–H groups in total. The number of ether oxygens (including phenoxy) is 2. The first-order valence-corrected chi connectivity index (χ1v) is 10.9. The number of urea groups is 1. The first kappa shape index (κ1) is 20.4. The minimum Gasteiger partial charge on any atom is -0.454 e. The number of piperidine rings is 1. The highest BCUT2D eigenvalue weighted by atomic mass is 16.7. The highest BCUT2D eigenvalue weighted by Gasteiger charge is 2.25. The zero-order valence-corrected chi connectivity index (χ0v) is 18.1. The van der Waals surface area contributed by atoms with Crippen molar-refractivity contribution in [1.29, 1.82) is 0 Å². The number of benzene rings is 2. The summed E-state index contributed by atoms with van der Waals surface area (Å²) in [4.78, 5) is 14.9. The van der Waals surface area contributed by atoms with Crippen molar-refractivity contribution < 1.29 is 14.3 Å². The number of nitrogens with zero attached hydrogens (tertiary/aromatic N) is 3. The fourth-order valence-electron chi connectivity index (χ4n) is 4.37. The van der Waals surface area contributed by atoms with Gasteiger partial charge in [-0.1, -0.05) is 30.3 Å². The SMILES string of the molecule is Cc1ccccc1NC(=O)Nc1ccnn1C1CCN(Cc2cccc3c2OCO3)CC1. The molecule has 3 heterocycles. The summed E-state index contributed by atoms with van der Waals surface area (Å²) in [7, 11) is 0. The van der Waals surface area contributed by atoms with Crippen molar-refractivity contribution in [2.24, 2.45) is 0 Å². The second kappa shape index (κ2) is 8.92. The minimum atomic E-state index is -0.265. The first-order valence-electron chi connectivity index (χ1n) is 10.9. The summed E-state index contributed by atoms with van der Waals surface area (Å²) in [5, 5.41) is 10.4. The van der Waals surface area contributed by atoms with Crippen LogP contribution in [0.1, 0.15) is 30.0 Å². The third kappa shape index (κ3) is 4.27. The van der Waals surface area contributed by atoms with E-state index in [-0.39, 0.29) is 12.1 Å². The van der Waals surface area contributed by atoms with Gasteiger partial charge in [0.15, 0.2) is 11.5 Å². The second-order valence-corrected chi connectivity index (χ2v) is 8.21. The zero-order valence-electron chi connectivity index (χ0n) is 18.1. The van der Waals surface area contributed by atoms with Gasteiger partial charge < -0.3 is 14.8 Å². The number of hydrogen-bond acceptors (Lipinski definition) is 5. The predicted octanol–water partition coefficient (Wildman–Crippen LogP) is 4.40. The van der Waals surface area contributed by atoms with E-state index in [0.717, 1.165) is 60.8 Å². The van der Waals surface area contributed by atoms with E-state index in [1.54, 1.807) is 6.20 Å². The molecule has 0 atom stereocenters. The van der Waals surface area contributed by atoms with Crippen LogP contribution in [-0.4, -0.2) is 40.6 Å². The molecule has 1 fully saturated rings. The van der Waals surface area contributed by atoms with Crippen molar-refractivity contribution in [2.75, 3.05) is 30.5 Å². The summed E-state index contributed by atoms with van der Waals surface area (Å²) < 4.78 is 13.1. The number of aromatic nitrogens is 2. The van der Waals surface area contributed by atoms with E-state index in [0.29, 0.717) is 12.6 Å². The third-order valence-electron chi connectivity index (χ3n) is 6.08. The highest BCUT2D eigenvalue weighted by molar-refractivity contribution is 5.99. The van der Waals surface area contributed by atoms with Gasteiger partial charge in [-0.25, -0.2) is 9.48 Å². The molecule has 1 aromatic heterocycles. The van der Waals surface area contributed by atoms with Crippen LogP contribution in [0.3, 0.4) is 0 Å². The second-order valence-electron chi connectivity index (χ2n) is 8.21. The average molecular weight is 434 g/mol. The molecule has 2 aromatic carbocycles. The Balaban J connectivity index is 1.18. The summed E-state index contributed by atoms with van der Waals surface area (Å²) in [6, 6.07) is 15.6. The Morgan fingerprint density at radius 2 is 1.91 bits per heavy atom. The summed E-state index contributed by atoms with van der Waals surface area (Å²) in [5.74, 6) is 2.41. The van der Waals surface area contributed by atoms with Crippen molar-refractivity contribution >= 4 is 17.5 Å². The summed E-state index contributed by atoms with van der Waals surface area (Å²) in [6.07, 6.45) is 3.66. The number of fused-ring (bicyclic) bond motifs is 1. The standard InChI is InChI=1S/C24H27N5O3/c1-17-5-2-3-7-20(17)26-24(30)27-22-9-12-25-29(22)19-10-13-28(14-11-19)15-18-6-4-8-21-23(18)32-16-31-21/h2-9,12,19H,10-11,13-16H2,1H3,(H2,26,27,30). The lowest BCUT2D eigenvalue weighted by molar-refractivity contribution is 0.163.